The van der Waals surface area contributed by atoms with Crippen LogP contribution in [0.25, 0.3) is 61.9 Å². The van der Waals surface area contributed by atoms with Crippen molar-refractivity contribution < 1.29 is 9.53 Å². The van der Waals surface area contributed by atoms with Gasteiger partial charge in [0.25, 0.3) is 0 Å². The molecule has 0 saturated heterocycles. The topological polar surface area (TPSA) is 34.5 Å². The van der Waals surface area contributed by atoms with Crippen molar-refractivity contribution in [3.8, 4) is 33.7 Å². The van der Waals surface area contributed by atoms with Crippen molar-refractivity contribution in [3.05, 3.63) is 282 Å². The van der Waals surface area contributed by atoms with Gasteiger partial charge in [-0.15, -0.1) is 0 Å². The van der Waals surface area contributed by atoms with Gasteiger partial charge < -0.3 is 14.2 Å². The van der Waals surface area contributed by atoms with Gasteiger partial charge in [-0.05, 0) is 180 Å². The summed E-state index contributed by atoms with van der Waals surface area (Å²) in [5, 5.41) is 2.52. The van der Waals surface area contributed by atoms with Crippen LogP contribution in [0.5, 0.6) is 5.75 Å². The molecule has 3 unspecified atom stereocenters. The van der Waals surface area contributed by atoms with E-state index in [0.29, 0.717) is 18.6 Å². The van der Waals surface area contributed by atoms with E-state index in [0.717, 1.165) is 40.3 Å². The monoisotopic (exact) mass is 1080 g/mol. The van der Waals surface area contributed by atoms with Gasteiger partial charge in [0.2, 0.25) is 0 Å². The van der Waals surface area contributed by atoms with Crippen molar-refractivity contribution in [2.45, 2.75) is 95.4 Å². The summed E-state index contributed by atoms with van der Waals surface area (Å²) in [7, 11) is 0. The zero-order valence-electron chi connectivity index (χ0n) is 45.3. The van der Waals surface area contributed by atoms with Crippen molar-refractivity contribution in [1.29, 1.82) is 0 Å². The average molecular weight is 1080 g/mol. The number of benzene rings is 10. The Morgan fingerprint density at radius 3 is 1.51 bits per heavy atom. The molecule has 0 amide bonds. The fraction of sp³-hybridized carbons (Fsp3) is 0.192. The molecule has 0 radical (unpaired) electrons. The lowest BCUT2D eigenvalue weighted by atomic mass is 9.81. The summed E-state index contributed by atoms with van der Waals surface area (Å²) < 4.78 is 8.66. The summed E-state index contributed by atoms with van der Waals surface area (Å²) in [6.07, 6.45) is 6.55. The Morgan fingerprint density at radius 1 is 0.488 bits per heavy atom. The van der Waals surface area contributed by atoms with Crippen molar-refractivity contribution >= 4 is 57.0 Å². The molecule has 0 fully saturated rings. The molecule has 0 aliphatic carbocycles. The lowest BCUT2D eigenvalue weighted by molar-refractivity contribution is -0.139. The van der Waals surface area contributed by atoms with Gasteiger partial charge in [-0.2, -0.15) is 0 Å². The smallest absolute Gasteiger partial charge is 0.314 e. The summed E-state index contributed by atoms with van der Waals surface area (Å²) in [6, 6.07) is 86.1. The number of fused-ring (bicyclic) bond motifs is 3. The minimum atomic E-state index is -0.307. The Morgan fingerprint density at radius 2 is 0.963 bits per heavy atom. The molecule has 1 aromatic heterocycles. The third-order valence-corrected chi connectivity index (χ3v) is 15.7. The van der Waals surface area contributed by atoms with Crippen molar-refractivity contribution in [2.75, 3.05) is 4.90 Å². The van der Waals surface area contributed by atoms with Crippen molar-refractivity contribution in [3.63, 3.8) is 0 Å². The van der Waals surface area contributed by atoms with E-state index in [-0.39, 0.29) is 53.4 Å². The number of hydrogen-bond donors (Lipinski definition) is 0. The van der Waals surface area contributed by atoms with Crippen LogP contribution in [-0.2, 0) is 4.79 Å². The molecule has 0 aliphatic rings. The Kier molecular flexibility index (Phi) is 20.3. The number of carbonyl (C=O) groups excluding carboxylic acids is 1. The second kappa shape index (κ2) is 27.5. The quantitative estimate of drug-likeness (QED) is 0.0518. The van der Waals surface area contributed by atoms with Gasteiger partial charge in [0.15, 0.2) is 0 Å². The summed E-state index contributed by atoms with van der Waals surface area (Å²) in [5.41, 5.74) is 19.9. The first kappa shape index (κ1) is 60.6. The highest BCUT2D eigenvalue weighted by Crippen LogP contribution is 2.39. The third kappa shape index (κ3) is 13.3. The highest BCUT2D eigenvalue weighted by atomic mass is 16.5. The van der Waals surface area contributed by atoms with Crippen LogP contribution in [-0.4, -0.2) is 10.5 Å². The van der Waals surface area contributed by atoms with Crippen LogP contribution in [0.4, 0.5) is 17.1 Å². The van der Waals surface area contributed by atoms with E-state index >= 15 is 0 Å². The zero-order chi connectivity index (χ0) is 53.5. The number of ether oxygens (including phenoxy) is 1. The molecule has 0 aliphatic heterocycles. The standard InChI is InChI=1S/C74H66N2O2.4CH4/c1-6-57(58-17-9-7-10-18-58)50-62(47-52(3)61-35-45-68(53(4)48-61)69-46-42-66(49-54(69)5)76-72-23-15-13-21-70(72)71-22-14-16-24-73(71)76)74(77)78-67-43-31-56(32-44-67)28-27-55-29-38-64(39-30-55)75(63-36-25-51(2)26-37-63)65-40-33-60(34-41-65)59-19-11-8-12-20-59;;;;/h7-46,48-49,52,57,62H,6,47,50H2,1-5H3;4*1H4/b28-27+;;;;. The number of anilines is 3. The second-order valence-corrected chi connectivity index (χ2v) is 21.0. The van der Waals surface area contributed by atoms with Gasteiger partial charge in [0, 0.05) is 33.5 Å². The minimum absolute atomic E-state index is 0. The molecule has 10 aromatic carbocycles. The van der Waals surface area contributed by atoms with Crippen molar-refractivity contribution in [2.24, 2.45) is 5.92 Å². The first-order chi connectivity index (χ1) is 38.2. The van der Waals surface area contributed by atoms with Gasteiger partial charge in [0.1, 0.15) is 5.75 Å². The van der Waals surface area contributed by atoms with Gasteiger partial charge >= 0.3 is 5.97 Å². The Balaban J connectivity index is 0.00000242. The summed E-state index contributed by atoms with van der Waals surface area (Å²) in [6.45, 7) is 11.0. The van der Waals surface area contributed by atoms with Crippen LogP contribution in [0.15, 0.2) is 243 Å². The highest BCUT2D eigenvalue weighted by molar-refractivity contribution is 6.09. The van der Waals surface area contributed by atoms with Crippen LogP contribution in [0.3, 0.4) is 0 Å². The fourth-order valence-electron chi connectivity index (χ4n) is 11.4. The second-order valence-electron chi connectivity index (χ2n) is 21.0. The molecule has 11 aromatic rings. The molecule has 416 valence electrons. The van der Waals surface area contributed by atoms with Crippen LogP contribution in [0.2, 0.25) is 0 Å². The minimum Gasteiger partial charge on any atom is -0.426 e. The Bertz CT molecular complexity index is 3800. The molecule has 4 heteroatoms. The number of esters is 1. The summed E-state index contributed by atoms with van der Waals surface area (Å²) >= 11 is 0. The van der Waals surface area contributed by atoms with Crippen LogP contribution in [0, 0.1) is 26.7 Å². The molecular formula is C78H82N2O2. The normalized spacial score (nSPS) is 12.1. The van der Waals surface area contributed by atoms with E-state index in [2.05, 4.69) is 269 Å². The number of nitrogens with zero attached hydrogens (tertiary/aromatic N) is 2. The van der Waals surface area contributed by atoms with Crippen LogP contribution >= 0.6 is 0 Å². The van der Waals surface area contributed by atoms with E-state index in [4.69, 9.17) is 4.74 Å². The van der Waals surface area contributed by atoms with Crippen LogP contribution < -0.4 is 9.64 Å². The number of para-hydroxylation sites is 2. The predicted molar refractivity (Wildman–Crippen MR) is 356 cm³/mol. The molecule has 1 heterocycles. The highest BCUT2D eigenvalue weighted by Gasteiger charge is 2.28. The fourth-order valence-corrected chi connectivity index (χ4v) is 11.4. The molecule has 3 atom stereocenters. The maximum atomic E-state index is 14.5. The molecular weight excluding hydrogens is 997 g/mol. The summed E-state index contributed by atoms with van der Waals surface area (Å²) in [5.74, 6) is 0.422. The molecule has 4 nitrogen and oxygen atoms in total. The third-order valence-electron chi connectivity index (χ3n) is 15.7. The molecule has 0 saturated carbocycles. The lowest BCUT2D eigenvalue weighted by Gasteiger charge is -2.26. The molecule has 0 spiro atoms. The number of hydrogen-bond acceptors (Lipinski definition) is 3. The van der Waals surface area contributed by atoms with E-state index < -0.39 is 0 Å². The number of aromatic nitrogens is 1. The maximum Gasteiger partial charge on any atom is 0.314 e. The van der Waals surface area contributed by atoms with Gasteiger partial charge in [-0.25, -0.2) is 0 Å². The van der Waals surface area contributed by atoms with E-state index in [9.17, 15) is 4.79 Å². The molecule has 11 rings (SSSR count). The Hall–Kier alpha value is -8.99. The molecule has 82 heavy (non-hydrogen) atoms. The zero-order valence-corrected chi connectivity index (χ0v) is 45.3. The maximum absolute atomic E-state index is 14.5. The number of aryl methyl sites for hydroxylation is 3. The van der Waals surface area contributed by atoms with Crippen LogP contribution in [0.1, 0.15) is 114 Å². The van der Waals surface area contributed by atoms with Crippen molar-refractivity contribution in [1.82, 2.24) is 4.57 Å². The van der Waals surface area contributed by atoms with Gasteiger partial charge in [0.05, 0.1) is 17.0 Å². The largest absolute Gasteiger partial charge is 0.426 e. The van der Waals surface area contributed by atoms with Gasteiger partial charge in [-0.1, -0.05) is 231 Å². The SMILES string of the molecule is C.C.C.C.CCC(CC(CC(C)c1ccc(-c2ccc(-n3c4ccccc4c4ccccc43)cc2C)c(C)c1)C(=O)Oc1ccc(/C=C/c2ccc(N(c3ccc(C)cc3)c3ccc(-c4ccccc4)cc3)cc2)cc1)c1ccccc1. The predicted octanol–water partition coefficient (Wildman–Crippen LogP) is 22.5. The Labute approximate surface area is 490 Å². The first-order valence-electron chi connectivity index (χ1n) is 27.5. The van der Waals surface area contributed by atoms with E-state index in [1.165, 1.54) is 71.9 Å². The average Bonchev–Trinajstić information content (AvgIpc) is 4.00. The van der Waals surface area contributed by atoms with Gasteiger partial charge in [-0.3, -0.25) is 4.79 Å². The number of carbonyl (C=O) groups is 1. The molecule has 0 N–H and O–H groups in total. The summed E-state index contributed by atoms with van der Waals surface area (Å²) in [4.78, 5) is 16.8. The number of rotatable bonds is 17. The van der Waals surface area contributed by atoms with E-state index in [1.807, 2.05) is 30.3 Å². The lowest BCUT2D eigenvalue weighted by Crippen LogP contribution is -2.24. The first-order valence-corrected chi connectivity index (χ1v) is 27.5. The van der Waals surface area contributed by atoms with E-state index in [1.54, 1.807) is 0 Å². The molecule has 0 bridgehead atoms.